The van der Waals surface area contributed by atoms with Crippen LogP contribution < -0.4 is 10.6 Å². The molecule has 28 heavy (non-hydrogen) atoms. The summed E-state index contributed by atoms with van der Waals surface area (Å²) >= 11 is 0. The van der Waals surface area contributed by atoms with E-state index in [0.29, 0.717) is 10.9 Å². The van der Waals surface area contributed by atoms with Crippen LogP contribution >= 0.6 is 0 Å². The fourth-order valence-corrected chi connectivity index (χ4v) is 4.00. The highest BCUT2D eigenvalue weighted by Gasteiger charge is 2.23. The maximum atomic E-state index is 11.5. The van der Waals surface area contributed by atoms with Crippen molar-refractivity contribution in [1.29, 1.82) is 0 Å². The van der Waals surface area contributed by atoms with Crippen LogP contribution in [0.25, 0.3) is 0 Å². The van der Waals surface area contributed by atoms with E-state index >= 15 is 0 Å². The van der Waals surface area contributed by atoms with Crippen molar-refractivity contribution < 1.29 is 13.2 Å². The van der Waals surface area contributed by atoms with Crippen molar-refractivity contribution in [2.45, 2.75) is 37.1 Å². The molecule has 8 heteroatoms. The molecular formula is C20H34N4O3S. The second-order valence-electron chi connectivity index (χ2n) is 7.14. The van der Waals surface area contributed by atoms with Gasteiger partial charge in [0.2, 0.25) is 0 Å². The summed E-state index contributed by atoms with van der Waals surface area (Å²) in [5, 5.41) is 6.67. The van der Waals surface area contributed by atoms with Crippen LogP contribution in [0.15, 0.2) is 34.2 Å². The van der Waals surface area contributed by atoms with Crippen LogP contribution in [-0.4, -0.2) is 78.0 Å². The minimum atomic E-state index is -3.14. The van der Waals surface area contributed by atoms with E-state index < -0.39 is 9.84 Å². The zero-order chi connectivity index (χ0) is 20.4. The van der Waals surface area contributed by atoms with Crippen LogP contribution in [0, 0.1) is 0 Å². The van der Waals surface area contributed by atoms with Crippen LogP contribution in [0.2, 0.25) is 0 Å². The van der Waals surface area contributed by atoms with Gasteiger partial charge in [0, 0.05) is 39.0 Å². The topological polar surface area (TPSA) is 83.0 Å². The Morgan fingerprint density at radius 1 is 1.29 bits per heavy atom. The summed E-state index contributed by atoms with van der Waals surface area (Å²) in [4.78, 5) is 7.58. The number of guanidine groups is 1. The smallest absolute Gasteiger partial charge is 0.191 e. The molecule has 0 spiro atoms. The average molecular weight is 411 g/mol. The van der Waals surface area contributed by atoms with Gasteiger partial charge < -0.3 is 15.4 Å². The largest absolute Gasteiger partial charge is 0.383 e. The number of hydrogen-bond donors (Lipinski definition) is 2. The van der Waals surface area contributed by atoms with Gasteiger partial charge in [0.1, 0.15) is 0 Å². The van der Waals surface area contributed by atoms with E-state index in [-0.39, 0.29) is 0 Å². The van der Waals surface area contributed by atoms with E-state index in [1.54, 1.807) is 19.2 Å². The standard InChI is InChI=1S/C20H34N4O3S/c1-4-21-20(23-16-18-6-5-13-24(18)14-15-27-2)22-12-11-17-7-9-19(10-8-17)28(3,25)26/h7-10,18H,4-6,11-16H2,1-3H3,(H2,21,22,23). The summed E-state index contributed by atoms with van der Waals surface area (Å²) in [7, 11) is -1.40. The van der Waals surface area contributed by atoms with Crippen LogP contribution in [0.1, 0.15) is 25.3 Å². The van der Waals surface area contributed by atoms with Crippen LogP contribution in [0.5, 0.6) is 0 Å². The predicted molar refractivity (Wildman–Crippen MR) is 114 cm³/mol. The summed E-state index contributed by atoms with van der Waals surface area (Å²) in [5.74, 6) is 0.828. The Kier molecular flexibility index (Phi) is 9.21. The van der Waals surface area contributed by atoms with Gasteiger partial charge in [-0.2, -0.15) is 0 Å². The lowest BCUT2D eigenvalue weighted by Crippen LogP contribution is -2.40. The molecule has 0 aromatic heterocycles. The summed E-state index contributed by atoms with van der Waals surface area (Å²) in [6, 6.07) is 7.55. The molecule has 1 fully saturated rings. The van der Waals surface area contributed by atoms with E-state index in [1.165, 1.54) is 19.1 Å². The van der Waals surface area contributed by atoms with Gasteiger partial charge in [-0.15, -0.1) is 0 Å². The molecule has 1 aromatic carbocycles. The first-order chi connectivity index (χ1) is 13.4. The third-order valence-electron chi connectivity index (χ3n) is 4.94. The molecule has 1 aliphatic rings. The van der Waals surface area contributed by atoms with E-state index in [0.717, 1.165) is 57.3 Å². The average Bonchev–Trinajstić information content (AvgIpc) is 3.11. The molecule has 1 heterocycles. The van der Waals surface area contributed by atoms with Crippen molar-refractivity contribution in [3.8, 4) is 0 Å². The third-order valence-corrected chi connectivity index (χ3v) is 6.07. The van der Waals surface area contributed by atoms with Gasteiger partial charge in [-0.3, -0.25) is 9.89 Å². The summed E-state index contributed by atoms with van der Waals surface area (Å²) < 4.78 is 28.3. The quantitative estimate of drug-likeness (QED) is 0.447. The molecule has 0 radical (unpaired) electrons. The van der Waals surface area contributed by atoms with Crippen LogP contribution in [0.4, 0.5) is 0 Å². The number of ether oxygens (including phenoxy) is 1. The molecule has 2 rings (SSSR count). The lowest BCUT2D eigenvalue weighted by atomic mass is 10.1. The van der Waals surface area contributed by atoms with Crippen molar-refractivity contribution in [2.24, 2.45) is 4.99 Å². The number of nitrogens with one attached hydrogen (secondary N) is 2. The number of likely N-dealkylation sites (tertiary alicyclic amines) is 1. The van der Waals surface area contributed by atoms with Gasteiger partial charge in [-0.25, -0.2) is 8.42 Å². The molecular weight excluding hydrogens is 376 g/mol. The lowest BCUT2D eigenvalue weighted by Gasteiger charge is -2.23. The van der Waals surface area contributed by atoms with Gasteiger partial charge >= 0.3 is 0 Å². The highest BCUT2D eigenvalue weighted by molar-refractivity contribution is 7.90. The second kappa shape index (κ2) is 11.4. The molecule has 1 saturated heterocycles. The monoisotopic (exact) mass is 410 g/mol. The molecule has 1 aliphatic heterocycles. The molecule has 2 N–H and O–H groups in total. The normalized spacial score (nSPS) is 18.4. The van der Waals surface area contributed by atoms with Crippen molar-refractivity contribution in [2.75, 3.05) is 52.7 Å². The van der Waals surface area contributed by atoms with Crippen molar-refractivity contribution >= 4 is 15.8 Å². The Balaban J connectivity index is 1.84. The van der Waals surface area contributed by atoms with Gasteiger partial charge in [0.25, 0.3) is 0 Å². The summed E-state index contributed by atoms with van der Waals surface area (Å²) in [6.45, 7) is 7.23. The molecule has 0 aliphatic carbocycles. The van der Waals surface area contributed by atoms with E-state index in [1.807, 2.05) is 12.1 Å². The Hall–Kier alpha value is -1.64. The molecule has 1 unspecified atom stereocenters. The zero-order valence-electron chi connectivity index (χ0n) is 17.3. The first kappa shape index (κ1) is 22.6. The van der Waals surface area contributed by atoms with Crippen LogP contribution in [-0.2, 0) is 21.0 Å². The van der Waals surface area contributed by atoms with Gasteiger partial charge in [0.15, 0.2) is 15.8 Å². The molecule has 1 atom stereocenters. The Morgan fingerprint density at radius 3 is 2.68 bits per heavy atom. The minimum absolute atomic E-state index is 0.355. The number of sulfone groups is 1. The van der Waals surface area contributed by atoms with E-state index in [2.05, 4.69) is 22.5 Å². The summed E-state index contributed by atoms with van der Waals surface area (Å²) in [6.07, 6.45) is 4.43. The minimum Gasteiger partial charge on any atom is -0.383 e. The third kappa shape index (κ3) is 7.41. The Labute approximate surface area is 169 Å². The number of rotatable bonds is 10. The van der Waals surface area contributed by atoms with Crippen molar-refractivity contribution in [1.82, 2.24) is 15.5 Å². The highest BCUT2D eigenvalue weighted by atomic mass is 32.2. The van der Waals surface area contributed by atoms with Crippen molar-refractivity contribution in [3.05, 3.63) is 29.8 Å². The predicted octanol–water partition coefficient (Wildman–Crippen LogP) is 1.30. The first-order valence-corrected chi connectivity index (χ1v) is 11.9. The molecule has 0 bridgehead atoms. The number of benzene rings is 1. The SMILES string of the molecule is CCNC(=NCC1CCCN1CCOC)NCCc1ccc(S(C)(=O)=O)cc1. The Morgan fingerprint density at radius 2 is 2.04 bits per heavy atom. The van der Waals surface area contributed by atoms with Crippen LogP contribution in [0.3, 0.4) is 0 Å². The maximum Gasteiger partial charge on any atom is 0.191 e. The highest BCUT2D eigenvalue weighted by Crippen LogP contribution is 2.16. The number of hydrogen-bond acceptors (Lipinski definition) is 5. The van der Waals surface area contributed by atoms with E-state index in [9.17, 15) is 8.42 Å². The van der Waals surface area contributed by atoms with Gasteiger partial charge in [-0.05, 0) is 50.4 Å². The lowest BCUT2D eigenvalue weighted by molar-refractivity contribution is 0.142. The molecule has 0 amide bonds. The number of methoxy groups -OCH3 is 1. The summed E-state index contributed by atoms with van der Waals surface area (Å²) in [5.41, 5.74) is 1.09. The van der Waals surface area contributed by atoms with Gasteiger partial charge in [0.05, 0.1) is 18.0 Å². The molecule has 7 nitrogen and oxygen atoms in total. The maximum absolute atomic E-state index is 11.5. The second-order valence-corrected chi connectivity index (χ2v) is 9.15. The molecule has 0 saturated carbocycles. The number of aliphatic imine (C=N–C) groups is 1. The fourth-order valence-electron chi connectivity index (χ4n) is 3.37. The van der Waals surface area contributed by atoms with E-state index in [4.69, 9.17) is 9.73 Å². The fraction of sp³-hybridized carbons (Fsp3) is 0.650. The molecule has 158 valence electrons. The first-order valence-electron chi connectivity index (χ1n) is 9.98. The zero-order valence-corrected chi connectivity index (χ0v) is 18.1. The number of nitrogens with zero attached hydrogens (tertiary/aromatic N) is 2. The Bertz CT molecular complexity index is 719. The van der Waals surface area contributed by atoms with Gasteiger partial charge in [-0.1, -0.05) is 12.1 Å². The molecule has 1 aromatic rings. The van der Waals surface area contributed by atoms with Crippen molar-refractivity contribution in [3.63, 3.8) is 0 Å².